The van der Waals surface area contributed by atoms with Crippen LogP contribution in [0.3, 0.4) is 0 Å². The van der Waals surface area contributed by atoms with Crippen molar-refractivity contribution in [2.45, 2.75) is 69.4 Å². The van der Waals surface area contributed by atoms with Crippen LogP contribution < -0.4 is 21.3 Å². The number of alkyl carbamates (subject to hydrolysis) is 2. The van der Waals surface area contributed by atoms with Crippen LogP contribution in [0.5, 0.6) is 0 Å². The number of rotatable bonds is 16. The van der Waals surface area contributed by atoms with Gasteiger partial charge in [0.1, 0.15) is 24.8 Å². The number of hydrogen-bond donors (Lipinski definition) is 4. The molecule has 0 radical (unpaired) electrons. The molecule has 1 aliphatic rings. The van der Waals surface area contributed by atoms with E-state index >= 15 is 0 Å². The van der Waals surface area contributed by atoms with Crippen LogP contribution in [-0.2, 0) is 38.7 Å². The summed E-state index contributed by atoms with van der Waals surface area (Å²) < 4.78 is 10.8. The lowest BCUT2D eigenvalue weighted by atomic mass is 10.0. The minimum atomic E-state index is -1.12. The Bertz CT molecular complexity index is 1690. The van der Waals surface area contributed by atoms with Crippen molar-refractivity contribution in [3.63, 3.8) is 0 Å². The van der Waals surface area contributed by atoms with Crippen LogP contribution in [0.25, 0.3) is 0 Å². The average molecular weight is 677 g/mol. The van der Waals surface area contributed by atoms with Gasteiger partial charge in [0.2, 0.25) is 11.8 Å². The normalized spacial score (nSPS) is 17.3. The second kappa shape index (κ2) is 17.7. The topological polar surface area (TPSA) is 135 Å². The van der Waals surface area contributed by atoms with E-state index in [2.05, 4.69) is 21.3 Å². The third-order valence-electron chi connectivity index (χ3n) is 8.70. The Morgan fingerprint density at radius 1 is 0.700 bits per heavy atom. The van der Waals surface area contributed by atoms with E-state index in [9.17, 15) is 19.2 Å². The van der Waals surface area contributed by atoms with Gasteiger partial charge in [0.05, 0.1) is 0 Å². The van der Waals surface area contributed by atoms with Gasteiger partial charge >= 0.3 is 12.2 Å². The third-order valence-corrected chi connectivity index (χ3v) is 8.70. The van der Waals surface area contributed by atoms with E-state index in [1.807, 2.05) is 128 Å². The smallest absolute Gasteiger partial charge is 0.408 e. The van der Waals surface area contributed by atoms with Gasteiger partial charge in [-0.3, -0.25) is 9.59 Å². The SMILES string of the molecule is CC(CCCNC(=O)[C@H](Cc1ccccc1)NC(=O)OCc1ccccc1)NC(=O)C1(NC(=O)OCc2ccccc2)CC1c1ccccc1. The molecule has 4 atom stereocenters. The molecule has 0 saturated heterocycles. The van der Waals surface area contributed by atoms with Crippen molar-refractivity contribution >= 4 is 24.0 Å². The Balaban J connectivity index is 1.11. The first-order valence-electron chi connectivity index (χ1n) is 17.0. The van der Waals surface area contributed by atoms with Gasteiger partial charge in [-0.05, 0) is 48.4 Å². The highest BCUT2D eigenvalue weighted by Crippen LogP contribution is 2.51. The first-order valence-corrected chi connectivity index (χ1v) is 17.0. The summed E-state index contributed by atoms with van der Waals surface area (Å²) in [4.78, 5) is 52.4. The summed E-state index contributed by atoms with van der Waals surface area (Å²) >= 11 is 0. The molecule has 4 amide bonds. The average Bonchev–Trinajstić information content (AvgIpc) is 3.88. The molecule has 5 rings (SSSR count). The number of carbonyl (C=O) groups is 4. The third kappa shape index (κ3) is 10.4. The fourth-order valence-corrected chi connectivity index (χ4v) is 5.87. The molecule has 260 valence electrons. The number of ether oxygens (including phenoxy) is 2. The van der Waals surface area contributed by atoms with Gasteiger partial charge in [-0.1, -0.05) is 121 Å². The minimum absolute atomic E-state index is 0.0910. The van der Waals surface area contributed by atoms with Crippen molar-refractivity contribution in [2.75, 3.05) is 6.54 Å². The van der Waals surface area contributed by atoms with E-state index in [1.165, 1.54) is 0 Å². The highest BCUT2D eigenvalue weighted by atomic mass is 16.6. The molecule has 0 spiro atoms. The lowest BCUT2D eigenvalue weighted by Crippen LogP contribution is -2.52. The van der Waals surface area contributed by atoms with Gasteiger partial charge in [0.25, 0.3) is 0 Å². The van der Waals surface area contributed by atoms with E-state index in [4.69, 9.17) is 9.47 Å². The van der Waals surface area contributed by atoms with Gasteiger partial charge in [0, 0.05) is 24.9 Å². The number of amides is 4. The number of hydrogen-bond acceptors (Lipinski definition) is 6. The molecular formula is C40H44N4O6. The summed E-state index contributed by atoms with van der Waals surface area (Å²) in [6.07, 6.45) is 0.570. The quantitative estimate of drug-likeness (QED) is 0.111. The number of carbonyl (C=O) groups excluding carboxylic acids is 4. The van der Waals surface area contributed by atoms with Crippen LogP contribution >= 0.6 is 0 Å². The van der Waals surface area contributed by atoms with Crippen LogP contribution in [0.4, 0.5) is 9.59 Å². The summed E-state index contributed by atoms with van der Waals surface area (Å²) in [6.45, 7) is 2.42. The molecule has 10 nitrogen and oxygen atoms in total. The molecule has 0 aromatic heterocycles. The first-order chi connectivity index (χ1) is 24.3. The van der Waals surface area contributed by atoms with E-state index in [1.54, 1.807) is 0 Å². The lowest BCUT2D eigenvalue weighted by molar-refractivity contribution is -0.125. The summed E-state index contributed by atoms with van der Waals surface area (Å²) in [5.41, 5.74) is 2.43. The van der Waals surface area contributed by atoms with Crippen molar-refractivity contribution in [3.8, 4) is 0 Å². The van der Waals surface area contributed by atoms with Crippen molar-refractivity contribution in [2.24, 2.45) is 0 Å². The first kappa shape index (κ1) is 35.7. The molecule has 4 N–H and O–H groups in total. The predicted molar refractivity (Wildman–Crippen MR) is 190 cm³/mol. The molecule has 0 bridgehead atoms. The molecule has 3 unspecified atom stereocenters. The fourth-order valence-electron chi connectivity index (χ4n) is 5.87. The predicted octanol–water partition coefficient (Wildman–Crippen LogP) is 5.78. The molecular weight excluding hydrogens is 632 g/mol. The molecule has 1 aliphatic carbocycles. The van der Waals surface area contributed by atoms with Crippen LogP contribution in [0.2, 0.25) is 0 Å². The Morgan fingerprint density at radius 2 is 1.22 bits per heavy atom. The van der Waals surface area contributed by atoms with Gasteiger partial charge in [0.15, 0.2) is 0 Å². The van der Waals surface area contributed by atoms with Gasteiger partial charge in [-0.15, -0.1) is 0 Å². The number of benzene rings is 4. The molecule has 0 aliphatic heterocycles. The van der Waals surface area contributed by atoms with Crippen LogP contribution in [0.1, 0.15) is 54.4 Å². The zero-order valence-corrected chi connectivity index (χ0v) is 28.2. The van der Waals surface area contributed by atoms with Crippen LogP contribution in [0.15, 0.2) is 121 Å². The molecule has 4 aromatic carbocycles. The van der Waals surface area contributed by atoms with E-state index in [-0.39, 0.29) is 37.0 Å². The summed E-state index contributed by atoms with van der Waals surface area (Å²) in [5, 5.41) is 11.6. The zero-order chi connectivity index (χ0) is 35.2. The van der Waals surface area contributed by atoms with Crippen molar-refractivity contribution in [1.29, 1.82) is 0 Å². The Labute approximate surface area is 293 Å². The van der Waals surface area contributed by atoms with Gasteiger partial charge in [-0.2, -0.15) is 0 Å². The minimum Gasteiger partial charge on any atom is -0.445 e. The van der Waals surface area contributed by atoms with E-state index < -0.39 is 23.8 Å². The van der Waals surface area contributed by atoms with Crippen molar-refractivity contribution in [1.82, 2.24) is 21.3 Å². The van der Waals surface area contributed by atoms with Crippen molar-refractivity contribution in [3.05, 3.63) is 144 Å². The van der Waals surface area contributed by atoms with Crippen LogP contribution in [0, 0.1) is 0 Å². The highest BCUT2D eigenvalue weighted by molar-refractivity contribution is 5.95. The summed E-state index contributed by atoms with van der Waals surface area (Å²) in [6, 6.07) is 36.7. The summed E-state index contributed by atoms with van der Waals surface area (Å²) in [7, 11) is 0. The molecule has 1 fully saturated rings. The Morgan fingerprint density at radius 3 is 1.80 bits per heavy atom. The molecule has 10 heteroatoms. The Hall–Kier alpha value is -5.64. The van der Waals surface area contributed by atoms with E-state index in [0.29, 0.717) is 32.2 Å². The second-order valence-electron chi connectivity index (χ2n) is 12.6. The van der Waals surface area contributed by atoms with E-state index in [0.717, 1.165) is 22.3 Å². The molecule has 4 aromatic rings. The lowest BCUT2D eigenvalue weighted by Gasteiger charge is -2.23. The molecule has 50 heavy (non-hydrogen) atoms. The Kier molecular flexibility index (Phi) is 12.6. The largest absolute Gasteiger partial charge is 0.445 e. The van der Waals surface area contributed by atoms with Gasteiger partial charge in [-0.25, -0.2) is 9.59 Å². The maximum atomic E-state index is 13.7. The standard InChI is InChI=1S/C40H44N4O6/c1-29(42-37(46)40(26-34(40)33-22-12-5-13-23-33)44-39(48)50-28-32-20-10-4-11-21-32)15-14-24-41-36(45)35(25-30-16-6-2-7-17-30)43-38(47)49-27-31-18-8-3-9-19-31/h2-13,16-23,29,34-35H,14-15,24-28H2,1H3,(H,41,45)(H,42,46)(H,43,47)(H,44,48)/t29?,34?,35-,40?/m0/s1. The monoisotopic (exact) mass is 676 g/mol. The van der Waals surface area contributed by atoms with Gasteiger partial charge < -0.3 is 30.7 Å². The summed E-state index contributed by atoms with van der Waals surface area (Å²) in [5.74, 6) is -0.795. The fraction of sp³-hybridized carbons (Fsp3) is 0.300. The van der Waals surface area contributed by atoms with Crippen molar-refractivity contribution < 1.29 is 28.7 Å². The number of nitrogens with one attached hydrogen (secondary N) is 4. The van der Waals surface area contributed by atoms with Crippen LogP contribution in [-0.4, -0.2) is 48.2 Å². The zero-order valence-electron chi connectivity index (χ0n) is 28.2. The second-order valence-corrected chi connectivity index (χ2v) is 12.6. The highest BCUT2D eigenvalue weighted by Gasteiger charge is 2.62. The maximum Gasteiger partial charge on any atom is 0.408 e. The molecule has 0 heterocycles. The molecule has 1 saturated carbocycles. The maximum absolute atomic E-state index is 13.7.